The topological polar surface area (TPSA) is 80.6 Å². The molecule has 4 rings (SSSR count). The summed E-state index contributed by atoms with van der Waals surface area (Å²) in [5.41, 5.74) is 3.50. The van der Waals surface area contributed by atoms with Gasteiger partial charge in [0.1, 0.15) is 6.10 Å². The van der Waals surface area contributed by atoms with Gasteiger partial charge in [0, 0.05) is 17.8 Å². The molecule has 0 fully saturated rings. The number of hydrogen-bond acceptors (Lipinski definition) is 4. The van der Waals surface area contributed by atoms with Crippen LogP contribution in [0, 0.1) is 0 Å². The van der Waals surface area contributed by atoms with E-state index in [0.29, 0.717) is 24.4 Å². The van der Waals surface area contributed by atoms with Gasteiger partial charge in [0.2, 0.25) is 0 Å². The zero-order valence-electron chi connectivity index (χ0n) is 15.2. The smallest absolute Gasteiger partial charge is 0.291 e. The van der Waals surface area contributed by atoms with E-state index in [9.17, 15) is 9.59 Å². The summed E-state index contributed by atoms with van der Waals surface area (Å²) < 4.78 is 10.9. The molecule has 6 nitrogen and oxygen atoms in total. The molecule has 0 aliphatic carbocycles. The number of rotatable bonds is 5. The van der Waals surface area contributed by atoms with Gasteiger partial charge < -0.3 is 19.8 Å². The van der Waals surface area contributed by atoms with E-state index in [2.05, 4.69) is 16.7 Å². The van der Waals surface area contributed by atoms with Crippen LogP contribution in [0.25, 0.3) is 0 Å². The Kier molecular flexibility index (Phi) is 5.21. The summed E-state index contributed by atoms with van der Waals surface area (Å²) in [6.07, 6.45) is 2.20. The van der Waals surface area contributed by atoms with E-state index in [1.165, 1.54) is 11.8 Å². The van der Waals surface area contributed by atoms with E-state index in [-0.39, 0.29) is 23.7 Å². The molecule has 0 saturated heterocycles. The summed E-state index contributed by atoms with van der Waals surface area (Å²) in [7, 11) is 0. The summed E-state index contributed by atoms with van der Waals surface area (Å²) >= 11 is 0. The Morgan fingerprint density at radius 1 is 0.964 bits per heavy atom. The molecular weight excluding hydrogens is 356 g/mol. The molecule has 0 radical (unpaired) electrons. The molecule has 2 heterocycles. The number of furan rings is 1. The first-order chi connectivity index (χ1) is 13.7. The van der Waals surface area contributed by atoms with Crippen molar-refractivity contribution in [2.45, 2.75) is 12.5 Å². The standard InChI is InChI=1S/C22H20N2O4/c25-21(23-14-20-18-5-2-1-4-15(18)11-13-28-20)16-7-9-17(10-8-16)24-22(26)19-6-3-12-27-19/h1-10,12,20H,11,13-14H2,(H,23,25)(H,24,26). The van der Waals surface area contributed by atoms with Crippen molar-refractivity contribution in [2.75, 3.05) is 18.5 Å². The average Bonchev–Trinajstić information content (AvgIpc) is 3.27. The minimum absolute atomic E-state index is 0.138. The van der Waals surface area contributed by atoms with Crippen molar-refractivity contribution in [3.8, 4) is 0 Å². The molecule has 28 heavy (non-hydrogen) atoms. The number of carbonyl (C=O) groups excluding carboxylic acids is 2. The van der Waals surface area contributed by atoms with Crippen molar-refractivity contribution >= 4 is 17.5 Å². The first kappa shape index (κ1) is 18.0. The van der Waals surface area contributed by atoms with Crippen LogP contribution in [-0.4, -0.2) is 25.0 Å². The van der Waals surface area contributed by atoms with Crippen LogP contribution in [0.4, 0.5) is 5.69 Å². The summed E-state index contributed by atoms with van der Waals surface area (Å²) in [5.74, 6) is -0.291. The lowest BCUT2D eigenvalue weighted by atomic mass is 9.97. The van der Waals surface area contributed by atoms with Gasteiger partial charge in [0.25, 0.3) is 11.8 Å². The van der Waals surface area contributed by atoms with Crippen LogP contribution in [-0.2, 0) is 11.2 Å². The summed E-state index contributed by atoms with van der Waals surface area (Å²) in [4.78, 5) is 24.4. The number of ether oxygens (including phenoxy) is 1. The fraction of sp³-hybridized carbons (Fsp3) is 0.182. The van der Waals surface area contributed by atoms with E-state index in [1.807, 2.05) is 18.2 Å². The Hall–Kier alpha value is -3.38. The lowest BCUT2D eigenvalue weighted by Crippen LogP contribution is -2.31. The molecule has 1 aromatic heterocycles. The minimum Gasteiger partial charge on any atom is -0.459 e. The predicted molar refractivity (Wildman–Crippen MR) is 104 cm³/mol. The Balaban J connectivity index is 1.35. The van der Waals surface area contributed by atoms with Gasteiger partial charge in [-0.1, -0.05) is 24.3 Å². The SMILES string of the molecule is O=C(NCC1OCCc2ccccc21)c1ccc(NC(=O)c2ccco2)cc1. The molecule has 2 N–H and O–H groups in total. The van der Waals surface area contributed by atoms with Crippen LogP contribution in [0.15, 0.2) is 71.3 Å². The van der Waals surface area contributed by atoms with E-state index in [4.69, 9.17) is 9.15 Å². The number of anilines is 1. The van der Waals surface area contributed by atoms with Crippen LogP contribution < -0.4 is 10.6 Å². The summed E-state index contributed by atoms with van der Waals surface area (Å²) in [6.45, 7) is 1.06. The first-order valence-electron chi connectivity index (χ1n) is 9.13. The molecule has 2 amide bonds. The Morgan fingerprint density at radius 2 is 1.79 bits per heavy atom. The van der Waals surface area contributed by atoms with Gasteiger partial charge in [-0.05, 0) is 53.9 Å². The Labute approximate surface area is 162 Å². The molecule has 1 aliphatic heterocycles. The van der Waals surface area contributed by atoms with Crippen LogP contribution in [0.3, 0.4) is 0 Å². The fourth-order valence-corrected chi connectivity index (χ4v) is 3.24. The zero-order valence-corrected chi connectivity index (χ0v) is 15.2. The number of fused-ring (bicyclic) bond motifs is 1. The van der Waals surface area contributed by atoms with Crippen LogP contribution in [0.1, 0.15) is 38.1 Å². The van der Waals surface area contributed by atoms with E-state index < -0.39 is 0 Å². The fourth-order valence-electron chi connectivity index (χ4n) is 3.24. The van der Waals surface area contributed by atoms with Crippen molar-refractivity contribution in [2.24, 2.45) is 0 Å². The van der Waals surface area contributed by atoms with E-state index >= 15 is 0 Å². The molecule has 3 aromatic rings. The number of amides is 2. The molecule has 1 aliphatic rings. The van der Waals surface area contributed by atoms with E-state index in [1.54, 1.807) is 36.4 Å². The number of benzene rings is 2. The molecule has 0 saturated carbocycles. The maximum absolute atomic E-state index is 12.5. The monoisotopic (exact) mass is 376 g/mol. The molecular formula is C22H20N2O4. The lowest BCUT2D eigenvalue weighted by molar-refractivity contribution is 0.0411. The zero-order chi connectivity index (χ0) is 19.3. The van der Waals surface area contributed by atoms with Crippen molar-refractivity contribution in [3.05, 3.63) is 89.4 Å². The van der Waals surface area contributed by atoms with Crippen LogP contribution in [0.2, 0.25) is 0 Å². The Morgan fingerprint density at radius 3 is 2.57 bits per heavy atom. The maximum Gasteiger partial charge on any atom is 0.291 e. The highest BCUT2D eigenvalue weighted by Gasteiger charge is 2.21. The van der Waals surface area contributed by atoms with Crippen molar-refractivity contribution in [1.82, 2.24) is 5.32 Å². The van der Waals surface area contributed by atoms with Gasteiger partial charge in [-0.3, -0.25) is 9.59 Å². The molecule has 0 bridgehead atoms. The second kappa shape index (κ2) is 8.10. The van der Waals surface area contributed by atoms with Crippen LogP contribution in [0.5, 0.6) is 0 Å². The summed E-state index contributed by atoms with van der Waals surface area (Å²) in [5, 5.41) is 5.65. The number of nitrogens with one attached hydrogen (secondary N) is 2. The molecule has 1 atom stereocenters. The second-order valence-corrected chi connectivity index (χ2v) is 6.53. The molecule has 2 aromatic carbocycles. The highest BCUT2D eigenvalue weighted by Crippen LogP contribution is 2.26. The number of hydrogen-bond donors (Lipinski definition) is 2. The third-order valence-corrected chi connectivity index (χ3v) is 4.69. The Bertz CT molecular complexity index is 964. The van der Waals surface area contributed by atoms with Gasteiger partial charge in [-0.2, -0.15) is 0 Å². The van der Waals surface area contributed by atoms with Gasteiger partial charge in [-0.25, -0.2) is 0 Å². The van der Waals surface area contributed by atoms with Gasteiger partial charge >= 0.3 is 0 Å². The quantitative estimate of drug-likeness (QED) is 0.713. The van der Waals surface area contributed by atoms with E-state index in [0.717, 1.165) is 12.0 Å². The highest BCUT2D eigenvalue weighted by molar-refractivity contribution is 6.02. The van der Waals surface area contributed by atoms with Crippen LogP contribution >= 0.6 is 0 Å². The molecule has 1 unspecified atom stereocenters. The van der Waals surface area contributed by atoms with Gasteiger partial charge in [0.05, 0.1) is 12.9 Å². The molecule has 6 heteroatoms. The van der Waals surface area contributed by atoms with Gasteiger partial charge in [0.15, 0.2) is 5.76 Å². The largest absolute Gasteiger partial charge is 0.459 e. The summed E-state index contributed by atoms with van der Waals surface area (Å²) in [6, 6.07) is 18.1. The van der Waals surface area contributed by atoms with Crippen molar-refractivity contribution < 1.29 is 18.7 Å². The maximum atomic E-state index is 12.5. The minimum atomic E-state index is -0.338. The first-order valence-corrected chi connectivity index (χ1v) is 9.13. The highest BCUT2D eigenvalue weighted by atomic mass is 16.5. The van der Waals surface area contributed by atoms with Crippen molar-refractivity contribution in [1.29, 1.82) is 0 Å². The second-order valence-electron chi connectivity index (χ2n) is 6.53. The number of carbonyl (C=O) groups is 2. The third-order valence-electron chi connectivity index (χ3n) is 4.69. The third kappa shape index (κ3) is 3.97. The normalized spacial score (nSPS) is 15.5. The average molecular weight is 376 g/mol. The van der Waals surface area contributed by atoms with Crippen molar-refractivity contribution in [3.63, 3.8) is 0 Å². The molecule has 0 spiro atoms. The predicted octanol–water partition coefficient (Wildman–Crippen LogP) is 3.58. The molecule has 142 valence electrons. The lowest BCUT2D eigenvalue weighted by Gasteiger charge is -2.26. The van der Waals surface area contributed by atoms with Gasteiger partial charge in [-0.15, -0.1) is 0 Å².